The fourth-order valence-corrected chi connectivity index (χ4v) is 2.22. The molecule has 0 atom stereocenters. The van der Waals surface area contributed by atoms with E-state index in [1.807, 2.05) is 4.90 Å². The minimum atomic E-state index is -0.868. The Bertz CT molecular complexity index is 435. The second-order valence-corrected chi connectivity index (χ2v) is 5.18. The molecule has 17 heavy (non-hydrogen) atoms. The van der Waals surface area contributed by atoms with Crippen molar-refractivity contribution in [3.05, 3.63) is 34.1 Å². The van der Waals surface area contributed by atoms with E-state index in [0.717, 1.165) is 17.3 Å². The molecule has 1 N–H and O–H groups in total. The molecule has 2 rings (SSSR count). The molecule has 3 nitrogen and oxygen atoms in total. The van der Waals surface area contributed by atoms with E-state index in [2.05, 4.69) is 15.9 Å². The van der Waals surface area contributed by atoms with E-state index < -0.39 is 5.97 Å². The van der Waals surface area contributed by atoms with Gasteiger partial charge in [0.1, 0.15) is 5.82 Å². The van der Waals surface area contributed by atoms with Crippen molar-refractivity contribution in [3.8, 4) is 0 Å². The van der Waals surface area contributed by atoms with Crippen LogP contribution in [0.25, 0.3) is 0 Å². The third-order valence-corrected chi connectivity index (χ3v) is 3.28. The zero-order chi connectivity index (χ0) is 12.4. The average Bonchev–Trinajstić information content (AvgIpc) is 3.05. The van der Waals surface area contributed by atoms with Crippen molar-refractivity contribution in [1.29, 1.82) is 0 Å². The van der Waals surface area contributed by atoms with Gasteiger partial charge in [0.15, 0.2) is 0 Å². The van der Waals surface area contributed by atoms with Gasteiger partial charge in [0.25, 0.3) is 0 Å². The molecule has 0 aromatic heterocycles. The summed E-state index contributed by atoms with van der Waals surface area (Å²) in [7, 11) is 0. The topological polar surface area (TPSA) is 40.5 Å². The first-order valence-electron chi connectivity index (χ1n) is 5.46. The smallest absolute Gasteiger partial charge is 0.317 e. The van der Waals surface area contributed by atoms with Gasteiger partial charge in [0, 0.05) is 22.6 Å². The fraction of sp³-hybridized carbons (Fsp3) is 0.417. The largest absolute Gasteiger partial charge is 0.480 e. The Morgan fingerprint density at radius 3 is 2.82 bits per heavy atom. The molecule has 1 saturated carbocycles. The number of aliphatic carboxylic acids is 1. The summed E-state index contributed by atoms with van der Waals surface area (Å²) in [4.78, 5) is 12.6. The van der Waals surface area contributed by atoms with Crippen LogP contribution < -0.4 is 0 Å². The number of rotatable bonds is 5. The molecule has 1 aromatic carbocycles. The third kappa shape index (κ3) is 3.51. The molecule has 0 saturated heterocycles. The lowest BCUT2D eigenvalue weighted by Gasteiger charge is -2.20. The highest BCUT2D eigenvalue weighted by Gasteiger charge is 2.30. The molecule has 0 spiro atoms. The van der Waals surface area contributed by atoms with Crippen LogP contribution in [-0.2, 0) is 11.3 Å². The molecule has 0 aliphatic heterocycles. The van der Waals surface area contributed by atoms with Gasteiger partial charge in [-0.2, -0.15) is 0 Å². The summed E-state index contributed by atoms with van der Waals surface area (Å²) < 4.78 is 14.4. The first-order valence-corrected chi connectivity index (χ1v) is 6.25. The molecular formula is C12H13BrFNO2. The van der Waals surface area contributed by atoms with Crippen molar-refractivity contribution in [2.24, 2.45) is 0 Å². The number of hydrogen-bond donors (Lipinski definition) is 1. The van der Waals surface area contributed by atoms with Gasteiger partial charge in [-0.05, 0) is 31.0 Å². The molecule has 1 fully saturated rings. The van der Waals surface area contributed by atoms with E-state index in [-0.39, 0.29) is 12.4 Å². The number of hydrogen-bond acceptors (Lipinski definition) is 2. The van der Waals surface area contributed by atoms with Gasteiger partial charge < -0.3 is 5.11 Å². The lowest BCUT2D eigenvalue weighted by molar-refractivity contribution is -0.138. The van der Waals surface area contributed by atoms with Crippen molar-refractivity contribution >= 4 is 21.9 Å². The summed E-state index contributed by atoms with van der Waals surface area (Å²) in [5.74, 6) is -1.16. The molecule has 0 radical (unpaired) electrons. The van der Waals surface area contributed by atoms with E-state index >= 15 is 0 Å². The molecule has 0 amide bonds. The highest BCUT2D eigenvalue weighted by atomic mass is 79.9. The second kappa shape index (κ2) is 5.14. The van der Waals surface area contributed by atoms with Crippen LogP contribution in [-0.4, -0.2) is 28.6 Å². The lowest BCUT2D eigenvalue weighted by Crippen LogP contribution is -2.31. The maximum atomic E-state index is 13.6. The van der Waals surface area contributed by atoms with Crippen molar-refractivity contribution in [2.45, 2.75) is 25.4 Å². The SMILES string of the molecule is O=C(O)CN(Cc1cc(Br)ccc1F)C1CC1. The standard InChI is InChI=1S/C12H13BrFNO2/c13-9-1-4-11(14)8(5-9)6-15(7-12(16)17)10-2-3-10/h1,4-5,10H,2-3,6-7H2,(H,16,17). The first-order chi connectivity index (χ1) is 8.06. The molecule has 92 valence electrons. The van der Waals surface area contributed by atoms with Crippen LogP contribution in [0.5, 0.6) is 0 Å². The van der Waals surface area contributed by atoms with Gasteiger partial charge in [-0.15, -0.1) is 0 Å². The number of nitrogens with zero attached hydrogens (tertiary/aromatic N) is 1. The molecule has 1 aliphatic carbocycles. The highest BCUT2D eigenvalue weighted by molar-refractivity contribution is 9.10. The van der Waals surface area contributed by atoms with E-state index in [1.54, 1.807) is 12.1 Å². The van der Waals surface area contributed by atoms with Crippen LogP contribution in [0.3, 0.4) is 0 Å². The fourth-order valence-electron chi connectivity index (χ4n) is 1.81. The molecule has 0 heterocycles. The Hall–Kier alpha value is -0.940. The van der Waals surface area contributed by atoms with Crippen LogP contribution in [0, 0.1) is 5.82 Å². The van der Waals surface area contributed by atoms with Crippen LogP contribution >= 0.6 is 15.9 Å². The predicted molar refractivity (Wildman–Crippen MR) is 65.2 cm³/mol. The quantitative estimate of drug-likeness (QED) is 0.909. The van der Waals surface area contributed by atoms with Crippen molar-refractivity contribution in [2.75, 3.05) is 6.54 Å². The number of carboxylic acids is 1. The van der Waals surface area contributed by atoms with E-state index in [1.165, 1.54) is 6.07 Å². The minimum Gasteiger partial charge on any atom is -0.480 e. The van der Waals surface area contributed by atoms with Crippen molar-refractivity contribution < 1.29 is 14.3 Å². The summed E-state index contributed by atoms with van der Waals surface area (Å²) in [6.45, 7) is 0.318. The van der Waals surface area contributed by atoms with Gasteiger partial charge in [-0.25, -0.2) is 4.39 Å². The third-order valence-electron chi connectivity index (χ3n) is 2.78. The van der Waals surface area contributed by atoms with Gasteiger partial charge in [-0.3, -0.25) is 9.69 Å². The van der Waals surface area contributed by atoms with Gasteiger partial charge in [-0.1, -0.05) is 15.9 Å². The maximum absolute atomic E-state index is 13.6. The zero-order valence-corrected chi connectivity index (χ0v) is 10.8. The number of halogens is 2. The van der Waals surface area contributed by atoms with Crippen LogP contribution in [0.4, 0.5) is 4.39 Å². The first kappa shape index (κ1) is 12.5. The summed E-state index contributed by atoms with van der Waals surface area (Å²) >= 11 is 3.29. The average molecular weight is 302 g/mol. The number of carboxylic acid groups (broad SMARTS) is 1. The van der Waals surface area contributed by atoms with Gasteiger partial charge in [0.05, 0.1) is 6.54 Å². The molecule has 1 aliphatic rings. The van der Waals surface area contributed by atoms with Crippen LogP contribution in [0.1, 0.15) is 18.4 Å². The minimum absolute atomic E-state index is 0.0311. The summed E-state index contributed by atoms with van der Waals surface area (Å²) in [5, 5.41) is 8.82. The Morgan fingerprint density at radius 2 is 2.24 bits per heavy atom. The Morgan fingerprint density at radius 1 is 1.53 bits per heavy atom. The van der Waals surface area contributed by atoms with Crippen molar-refractivity contribution in [1.82, 2.24) is 4.90 Å². The van der Waals surface area contributed by atoms with Crippen molar-refractivity contribution in [3.63, 3.8) is 0 Å². The van der Waals surface area contributed by atoms with Crippen LogP contribution in [0.2, 0.25) is 0 Å². The van der Waals surface area contributed by atoms with Gasteiger partial charge in [0.2, 0.25) is 0 Å². The monoisotopic (exact) mass is 301 g/mol. The molecular weight excluding hydrogens is 289 g/mol. The zero-order valence-electron chi connectivity index (χ0n) is 9.20. The molecule has 1 aromatic rings. The van der Waals surface area contributed by atoms with E-state index in [4.69, 9.17) is 5.11 Å². The van der Waals surface area contributed by atoms with Crippen LogP contribution in [0.15, 0.2) is 22.7 Å². The highest BCUT2D eigenvalue weighted by Crippen LogP contribution is 2.29. The number of carbonyl (C=O) groups is 1. The summed E-state index contributed by atoms with van der Waals surface area (Å²) in [5.41, 5.74) is 0.535. The molecule has 0 unspecified atom stereocenters. The van der Waals surface area contributed by atoms with E-state index in [0.29, 0.717) is 18.2 Å². The Balaban J connectivity index is 2.10. The normalized spacial score (nSPS) is 15.2. The maximum Gasteiger partial charge on any atom is 0.317 e. The number of benzene rings is 1. The predicted octanol–water partition coefficient (Wildman–Crippen LogP) is 2.64. The molecule has 5 heteroatoms. The Labute approximate surface area is 107 Å². The van der Waals surface area contributed by atoms with E-state index in [9.17, 15) is 9.18 Å². The second-order valence-electron chi connectivity index (χ2n) is 4.27. The molecule has 0 bridgehead atoms. The Kier molecular flexibility index (Phi) is 3.79. The lowest BCUT2D eigenvalue weighted by atomic mass is 10.2. The van der Waals surface area contributed by atoms with Gasteiger partial charge >= 0.3 is 5.97 Å². The summed E-state index contributed by atoms with van der Waals surface area (Å²) in [6.07, 6.45) is 2.01. The summed E-state index contributed by atoms with van der Waals surface area (Å²) in [6, 6.07) is 5.03.